The van der Waals surface area contributed by atoms with Crippen LogP contribution < -0.4 is 10.2 Å². The van der Waals surface area contributed by atoms with Crippen LogP contribution in [0, 0.1) is 0 Å². The first kappa shape index (κ1) is 9.96. The van der Waals surface area contributed by atoms with Crippen LogP contribution in [-0.2, 0) is 0 Å². The van der Waals surface area contributed by atoms with Gasteiger partial charge in [0.25, 0.3) is 0 Å². The van der Waals surface area contributed by atoms with E-state index >= 15 is 0 Å². The predicted octanol–water partition coefficient (Wildman–Crippen LogP) is 2.14. The molecule has 0 unspecified atom stereocenters. The zero-order valence-corrected chi connectivity index (χ0v) is 7.14. The molecule has 0 aliphatic rings. The van der Waals surface area contributed by atoms with Crippen LogP contribution in [0.2, 0.25) is 0 Å². The highest BCUT2D eigenvalue weighted by molar-refractivity contribution is 6.73. The Balaban J connectivity index is 2.92. The molecule has 72 valence electrons. The van der Waals surface area contributed by atoms with E-state index in [1.165, 1.54) is 12.1 Å². The Kier molecular flexibility index (Phi) is 2.85. The van der Waals surface area contributed by atoms with Crippen LogP contribution in [0.1, 0.15) is 6.92 Å². The maximum Gasteiger partial charge on any atom is 0.509 e. The first-order chi connectivity index (χ1) is 6.04. The van der Waals surface area contributed by atoms with E-state index in [9.17, 15) is 12.9 Å². The van der Waals surface area contributed by atoms with Gasteiger partial charge < -0.3 is 17.7 Å². The third kappa shape index (κ3) is 2.68. The standard InChI is InChI=1S/C8H9BF3O/c1-2-13-8-5-3-4-7(6-8)9(10,11)12/h3-6H,2H2,1H3/q-1. The van der Waals surface area contributed by atoms with E-state index in [2.05, 4.69) is 0 Å². The Morgan fingerprint density at radius 3 is 2.54 bits per heavy atom. The smallest absolute Gasteiger partial charge is 0.494 e. The van der Waals surface area contributed by atoms with Gasteiger partial charge in [0.15, 0.2) is 0 Å². The molecule has 0 heterocycles. The quantitative estimate of drug-likeness (QED) is 0.661. The van der Waals surface area contributed by atoms with Gasteiger partial charge in [-0.15, -0.1) is 5.46 Å². The van der Waals surface area contributed by atoms with Gasteiger partial charge in [0.1, 0.15) is 5.75 Å². The van der Waals surface area contributed by atoms with Crippen LogP contribution >= 0.6 is 0 Å². The zero-order valence-electron chi connectivity index (χ0n) is 7.14. The van der Waals surface area contributed by atoms with Gasteiger partial charge in [-0.25, -0.2) is 0 Å². The second kappa shape index (κ2) is 3.72. The normalized spacial score (nSPS) is 11.4. The topological polar surface area (TPSA) is 9.23 Å². The summed E-state index contributed by atoms with van der Waals surface area (Å²) in [6, 6.07) is 4.91. The van der Waals surface area contributed by atoms with Gasteiger partial charge in [-0.2, -0.15) is 0 Å². The molecule has 0 fully saturated rings. The van der Waals surface area contributed by atoms with Gasteiger partial charge in [0.2, 0.25) is 0 Å². The molecular weight excluding hydrogens is 180 g/mol. The minimum absolute atomic E-state index is 0.263. The lowest BCUT2D eigenvalue weighted by molar-refractivity contribution is 0.340. The first-order valence-electron chi connectivity index (χ1n) is 3.96. The number of hydrogen-bond donors (Lipinski definition) is 0. The maximum absolute atomic E-state index is 12.2. The molecule has 0 aromatic heterocycles. The SMILES string of the molecule is CCOc1cccc([B-](F)(F)F)c1. The van der Waals surface area contributed by atoms with E-state index in [0.717, 1.165) is 12.1 Å². The highest BCUT2D eigenvalue weighted by Crippen LogP contribution is 2.14. The molecule has 0 saturated heterocycles. The van der Waals surface area contributed by atoms with Crippen LogP contribution in [0.25, 0.3) is 0 Å². The van der Waals surface area contributed by atoms with Crippen molar-refractivity contribution in [2.75, 3.05) is 6.61 Å². The monoisotopic (exact) mass is 189 g/mol. The molecule has 0 bridgehead atoms. The molecule has 0 saturated carbocycles. The number of halogens is 3. The molecule has 0 N–H and O–H groups in total. The van der Waals surface area contributed by atoms with Gasteiger partial charge in [-0.1, -0.05) is 12.1 Å². The Labute approximate surface area is 74.6 Å². The van der Waals surface area contributed by atoms with Crippen molar-refractivity contribution in [2.24, 2.45) is 0 Å². The van der Waals surface area contributed by atoms with E-state index < -0.39 is 12.4 Å². The first-order valence-corrected chi connectivity index (χ1v) is 3.96. The van der Waals surface area contributed by atoms with Crippen molar-refractivity contribution in [1.82, 2.24) is 0 Å². The number of benzene rings is 1. The molecule has 0 radical (unpaired) electrons. The molecular formula is C8H9BF3O-. The molecule has 0 aliphatic carbocycles. The minimum Gasteiger partial charge on any atom is -0.494 e. The molecule has 0 spiro atoms. The van der Waals surface area contributed by atoms with Crippen LogP contribution in [0.5, 0.6) is 5.75 Å². The lowest BCUT2D eigenvalue weighted by Crippen LogP contribution is -2.33. The molecule has 1 rings (SSSR count). The van der Waals surface area contributed by atoms with E-state index in [1.807, 2.05) is 0 Å². The van der Waals surface area contributed by atoms with Crippen molar-refractivity contribution < 1.29 is 17.7 Å². The van der Waals surface area contributed by atoms with E-state index in [0.29, 0.717) is 6.61 Å². The number of rotatable bonds is 3. The Morgan fingerprint density at radius 2 is 2.00 bits per heavy atom. The van der Waals surface area contributed by atoms with Gasteiger partial charge in [0.05, 0.1) is 6.61 Å². The molecule has 5 heteroatoms. The summed E-state index contributed by atoms with van der Waals surface area (Å²) in [4.78, 5) is 0. The lowest BCUT2D eigenvalue weighted by atomic mass is 9.80. The fraction of sp³-hybridized carbons (Fsp3) is 0.250. The van der Waals surface area contributed by atoms with Gasteiger partial charge >= 0.3 is 6.98 Å². The second-order valence-electron chi connectivity index (χ2n) is 2.58. The van der Waals surface area contributed by atoms with E-state index in [1.54, 1.807) is 6.92 Å². The highest BCUT2D eigenvalue weighted by atomic mass is 19.4. The van der Waals surface area contributed by atoms with E-state index in [4.69, 9.17) is 4.74 Å². The molecule has 0 amide bonds. The average molecular weight is 189 g/mol. The molecule has 1 aromatic carbocycles. The Hall–Kier alpha value is -1.13. The largest absolute Gasteiger partial charge is 0.509 e. The predicted molar refractivity (Wildman–Crippen MR) is 46.3 cm³/mol. The van der Waals surface area contributed by atoms with Crippen molar-refractivity contribution in [3.05, 3.63) is 24.3 Å². The van der Waals surface area contributed by atoms with Crippen LogP contribution in [0.3, 0.4) is 0 Å². The van der Waals surface area contributed by atoms with Crippen molar-refractivity contribution in [2.45, 2.75) is 6.92 Å². The summed E-state index contributed by atoms with van der Waals surface area (Å²) in [7, 11) is 0. The highest BCUT2D eigenvalue weighted by Gasteiger charge is 2.25. The van der Waals surface area contributed by atoms with Crippen LogP contribution in [0.15, 0.2) is 24.3 Å². The van der Waals surface area contributed by atoms with Gasteiger partial charge in [-0.05, 0) is 19.1 Å². The fourth-order valence-corrected chi connectivity index (χ4v) is 0.975. The third-order valence-electron chi connectivity index (χ3n) is 1.55. The summed E-state index contributed by atoms with van der Waals surface area (Å²) >= 11 is 0. The zero-order chi connectivity index (χ0) is 9.90. The van der Waals surface area contributed by atoms with Gasteiger partial charge in [-0.3, -0.25) is 0 Å². The summed E-state index contributed by atoms with van der Waals surface area (Å²) in [6.07, 6.45) is 0. The molecule has 13 heavy (non-hydrogen) atoms. The molecule has 0 aliphatic heterocycles. The Morgan fingerprint density at radius 1 is 1.31 bits per heavy atom. The van der Waals surface area contributed by atoms with E-state index in [-0.39, 0.29) is 5.75 Å². The van der Waals surface area contributed by atoms with Crippen molar-refractivity contribution >= 4 is 12.4 Å². The minimum atomic E-state index is -4.92. The maximum atomic E-state index is 12.2. The Bertz CT molecular complexity index is 285. The summed E-state index contributed by atoms with van der Waals surface area (Å²) in [5, 5.41) is 0. The summed E-state index contributed by atoms with van der Waals surface area (Å²) < 4.78 is 41.6. The lowest BCUT2D eigenvalue weighted by Gasteiger charge is -2.15. The third-order valence-corrected chi connectivity index (χ3v) is 1.55. The van der Waals surface area contributed by atoms with Crippen molar-refractivity contribution in [3.8, 4) is 5.75 Å². The molecule has 1 aromatic rings. The van der Waals surface area contributed by atoms with Crippen molar-refractivity contribution in [3.63, 3.8) is 0 Å². The summed E-state index contributed by atoms with van der Waals surface area (Å²) in [5.41, 5.74) is -0.619. The summed E-state index contributed by atoms with van der Waals surface area (Å²) in [6.45, 7) is -2.82. The number of ether oxygens (including phenoxy) is 1. The van der Waals surface area contributed by atoms with Crippen LogP contribution in [0.4, 0.5) is 12.9 Å². The van der Waals surface area contributed by atoms with Gasteiger partial charge in [0, 0.05) is 0 Å². The second-order valence-corrected chi connectivity index (χ2v) is 2.58. The van der Waals surface area contributed by atoms with Crippen LogP contribution in [-0.4, -0.2) is 13.6 Å². The summed E-state index contributed by atoms with van der Waals surface area (Å²) in [5.74, 6) is 0.263. The average Bonchev–Trinajstić information content (AvgIpc) is 2.04. The molecule has 0 atom stereocenters. The van der Waals surface area contributed by atoms with Crippen molar-refractivity contribution in [1.29, 1.82) is 0 Å². The number of hydrogen-bond acceptors (Lipinski definition) is 1. The molecule has 1 nitrogen and oxygen atoms in total. The fourth-order valence-electron chi connectivity index (χ4n) is 0.975.